The molecular formula is C11H22N8O. The average Bonchev–Trinajstić information content (AvgIpc) is 2.42. The Morgan fingerprint density at radius 3 is 2.45 bits per heavy atom. The van der Waals surface area contributed by atoms with Gasteiger partial charge in [-0.25, -0.2) is 5.84 Å². The Balaban J connectivity index is 2.63. The third-order valence-corrected chi connectivity index (χ3v) is 2.27. The molecule has 1 aromatic rings. The normalized spacial score (nSPS) is 10.3. The highest BCUT2D eigenvalue weighted by atomic mass is 16.1. The lowest BCUT2D eigenvalue weighted by atomic mass is 10.2. The zero-order valence-electron chi connectivity index (χ0n) is 12.3. The number of hydrogen-bond acceptors (Lipinski definition) is 8. The van der Waals surface area contributed by atoms with Gasteiger partial charge in [0.15, 0.2) is 0 Å². The fourth-order valence-electron chi connectivity index (χ4n) is 1.25. The van der Waals surface area contributed by atoms with Gasteiger partial charge in [0.2, 0.25) is 23.8 Å². The predicted molar refractivity (Wildman–Crippen MR) is 78.3 cm³/mol. The highest BCUT2D eigenvalue weighted by molar-refractivity contribution is 5.80. The van der Waals surface area contributed by atoms with Crippen LogP contribution in [0.3, 0.4) is 0 Å². The van der Waals surface area contributed by atoms with Gasteiger partial charge in [-0.15, -0.1) is 0 Å². The molecule has 1 heterocycles. The van der Waals surface area contributed by atoms with E-state index in [0.717, 1.165) is 0 Å². The van der Waals surface area contributed by atoms with Crippen molar-refractivity contribution in [2.45, 2.75) is 13.8 Å². The first-order chi connectivity index (χ1) is 9.42. The van der Waals surface area contributed by atoms with E-state index in [1.54, 1.807) is 19.0 Å². The van der Waals surface area contributed by atoms with Crippen molar-refractivity contribution >= 4 is 23.8 Å². The van der Waals surface area contributed by atoms with Gasteiger partial charge in [0.05, 0.1) is 6.54 Å². The Hall–Kier alpha value is -2.16. The van der Waals surface area contributed by atoms with E-state index in [9.17, 15) is 4.79 Å². The molecule has 0 spiro atoms. The highest BCUT2D eigenvalue weighted by Gasteiger charge is 2.09. The Kier molecular flexibility index (Phi) is 5.91. The Morgan fingerprint density at radius 2 is 1.90 bits per heavy atom. The molecule has 112 valence electrons. The van der Waals surface area contributed by atoms with Gasteiger partial charge in [-0.3, -0.25) is 10.2 Å². The van der Waals surface area contributed by atoms with Crippen molar-refractivity contribution in [3.8, 4) is 0 Å². The van der Waals surface area contributed by atoms with Gasteiger partial charge < -0.3 is 15.5 Å². The Morgan fingerprint density at radius 1 is 1.25 bits per heavy atom. The molecule has 0 saturated heterocycles. The number of anilines is 3. The van der Waals surface area contributed by atoms with Crippen LogP contribution in [0, 0.1) is 5.92 Å². The van der Waals surface area contributed by atoms with E-state index >= 15 is 0 Å². The molecule has 1 aromatic heterocycles. The van der Waals surface area contributed by atoms with Crippen molar-refractivity contribution in [1.82, 2.24) is 20.3 Å². The van der Waals surface area contributed by atoms with Gasteiger partial charge in [-0.2, -0.15) is 15.0 Å². The van der Waals surface area contributed by atoms with E-state index in [-0.39, 0.29) is 24.3 Å². The van der Waals surface area contributed by atoms with Crippen molar-refractivity contribution in [1.29, 1.82) is 0 Å². The number of rotatable bonds is 7. The molecule has 0 aliphatic heterocycles. The quantitative estimate of drug-likeness (QED) is 0.387. The standard InChI is InChI=1S/C11H22N8O/c1-7(2)5-13-8(20)6-14-9-15-10(18-12)17-11(16-9)19(3)4/h7H,5-6,12H2,1-4H3,(H,13,20)(H2,14,15,16,17,18). The molecule has 0 unspecified atom stereocenters. The van der Waals surface area contributed by atoms with Crippen molar-refractivity contribution in [3.63, 3.8) is 0 Å². The van der Waals surface area contributed by atoms with Crippen LogP contribution in [0.2, 0.25) is 0 Å². The molecular weight excluding hydrogens is 260 g/mol. The van der Waals surface area contributed by atoms with Gasteiger partial charge in [0.25, 0.3) is 0 Å². The number of hydrazine groups is 1. The largest absolute Gasteiger partial charge is 0.354 e. The maximum atomic E-state index is 11.6. The Bertz CT molecular complexity index is 448. The summed E-state index contributed by atoms with van der Waals surface area (Å²) in [6.07, 6.45) is 0. The fraction of sp³-hybridized carbons (Fsp3) is 0.636. The van der Waals surface area contributed by atoms with Crippen LogP contribution in [0.5, 0.6) is 0 Å². The molecule has 9 nitrogen and oxygen atoms in total. The summed E-state index contributed by atoms with van der Waals surface area (Å²) in [5.41, 5.74) is 2.36. The Labute approximate surface area is 118 Å². The van der Waals surface area contributed by atoms with Crippen molar-refractivity contribution in [2.75, 3.05) is 42.8 Å². The predicted octanol–water partition coefficient (Wildman–Crippen LogP) is -0.593. The molecule has 0 bridgehead atoms. The lowest BCUT2D eigenvalue weighted by Gasteiger charge is -2.13. The lowest BCUT2D eigenvalue weighted by molar-refractivity contribution is -0.119. The molecule has 0 saturated carbocycles. The summed E-state index contributed by atoms with van der Waals surface area (Å²) in [7, 11) is 3.60. The van der Waals surface area contributed by atoms with E-state index in [1.807, 2.05) is 13.8 Å². The topological polar surface area (TPSA) is 121 Å². The number of carbonyl (C=O) groups excluding carboxylic acids is 1. The van der Waals surface area contributed by atoms with E-state index in [0.29, 0.717) is 18.4 Å². The van der Waals surface area contributed by atoms with Crippen LogP contribution in [-0.4, -0.2) is 48.0 Å². The third-order valence-electron chi connectivity index (χ3n) is 2.27. The molecule has 0 fully saturated rings. The fourth-order valence-corrected chi connectivity index (χ4v) is 1.25. The number of hydrogen-bond donors (Lipinski definition) is 4. The molecule has 20 heavy (non-hydrogen) atoms. The SMILES string of the molecule is CC(C)CNC(=O)CNc1nc(NN)nc(N(C)C)n1. The second kappa shape index (κ2) is 7.43. The van der Waals surface area contributed by atoms with Crippen LogP contribution in [0.15, 0.2) is 0 Å². The summed E-state index contributed by atoms with van der Waals surface area (Å²) in [6, 6.07) is 0. The van der Waals surface area contributed by atoms with E-state index < -0.39 is 0 Å². The summed E-state index contributed by atoms with van der Waals surface area (Å²) < 4.78 is 0. The number of nitrogens with two attached hydrogens (primary N) is 1. The van der Waals surface area contributed by atoms with Crippen molar-refractivity contribution < 1.29 is 4.79 Å². The van der Waals surface area contributed by atoms with Crippen LogP contribution in [0.4, 0.5) is 17.8 Å². The minimum Gasteiger partial charge on any atom is -0.354 e. The van der Waals surface area contributed by atoms with Crippen LogP contribution >= 0.6 is 0 Å². The van der Waals surface area contributed by atoms with Gasteiger partial charge in [0, 0.05) is 20.6 Å². The third kappa shape index (κ3) is 5.22. The number of aromatic nitrogens is 3. The molecule has 0 aliphatic carbocycles. The zero-order chi connectivity index (χ0) is 15.1. The lowest BCUT2D eigenvalue weighted by Crippen LogP contribution is -2.33. The molecule has 1 rings (SSSR count). The number of carbonyl (C=O) groups is 1. The summed E-state index contributed by atoms with van der Waals surface area (Å²) in [4.78, 5) is 25.6. The van der Waals surface area contributed by atoms with Gasteiger partial charge in [0.1, 0.15) is 0 Å². The number of amides is 1. The number of nitrogens with zero attached hydrogens (tertiary/aromatic N) is 4. The van der Waals surface area contributed by atoms with Crippen LogP contribution < -0.4 is 26.8 Å². The van der Waals surface area contributed by atoms with Gasteiger partial charge in [-0.1, -0.05) is 13.8 Å². The summed E-state index contributed by atoms with van der Waals surface area (Å²) in [5.74, 6) is 6.55. The summed E-state index contributed by atoms with van der Waals surface area (Å²) in [6.45, 7) is 4.79. The van der Waals surface area contributed by atoms with E-state index in [4.69, 9.17) is 5.84 Å². The zero-order valence-corrected chi connectivity index (χ0v) is 12.3. The average molecular weight is 282 g/mol. The van der Waals surface area contributed by atoms with Crippen LogP contribution in [-0.2, 0) is 4.79 Å². The first-order valence-electron chi connectivity index (χ1n) is 6.33. The summed E-state index contributed by atoms with van der Waals surface area (Å²) >= 11 is 0. The molecule has 1 amide bonds. The first-order valence-corrected chi connectivity index (χ1v) is 6.33. The smallest absolute Gasteiger partial charge is 0.243 e. The molecule has 5 N–H and O–H groups in total. The van der Waals surface area contributed by atoms with Crippen LogP contribution in [0.1, 0.15) is 13.8 Å². The number of nitrogens with one attached hydrogen (secondary N) is 3. The van der Waals surface area contributed by atoms with Crippen molar-refractivity contribution in [2.24, 2.45) is 11.8 Å². The second-order valence-corrected chi connectivity index (χ2v) is 4.87. The highest BCUT2D eigenvalue weighted by Crippen LogP contribution is 2.10. The number of nitrogen functional groups attached to an aromatic ring is 1. The molecule has 0 aliphatic rings. The maximum absolute atomic E-state index is 11.6. The van der Waals surface area contributed by atoms with Gasteiger partial charge in [-0.05, 0) is 5.92 Å². The minimum atomic E-state index is -0.118. The molecule has 0 atom stereocenters. The van der Waals surface area contributed by atoms with E-state index in [2.05, 4.69) is 31.0 Å². The maximum Gasteiger partial charge on any atom is 0.243 e. The molecule has 0 aromatic carbocycles. The van der Waals surface area contributed by atoms with Crippen LogP contribution in [0.25, 0.3) is 0 Å². The monoisotopic (exact) mass is 282 g/mol. The molecule has 9 heteroatoms. The van der Waals surface area contributed by atoms with Crippen molar-refractivity contribution in [3.05, 3.63) is 0 Å². The first kappa shape index (κ1) is 15.9. The minimum absolute atomic E-state index is 0.0909. The molecule has 0 radical (unpaired) electrons. The second-order valence-electron chi connectivity index (χ2n) is 4.87. The van der Waals surface area contributed by atoms with Gasteiger partial charge >= 0.3 is 0 Å². The van der Waals surface area contributed by atoms with E-state index in [1.165, 1.54) is 0 Å². The summed E-state index contributed by atoms with van der Waals surface area (Å²) in [5, 5.41) is 5.64.